The van der Waals surface area contributed by atoms with Crippen LogP contribution >= 0.6 is 0 Å². The summed E-state index contributed by atoms with van der Waals surface area (Å²) in [6.07, 6.45) is 1.19. The molecule has 1 aliphatic rings. The average Bonchev–Trinajstić information content (AvgIpc) is 3.04. The van der Waals surface area contributed by atoms with E-state index in [2.05, 4.69) is 25.8 Å². The van der Waals surface area contributed by atoms with Crippen LogP contribution in [0.5, 0.6) is 0 Å². The number of hydrogen-bond acceptors (Lipinski definition) is 4. The van der Waals surface area contributed by atoms with Crippen molar-refractivity contribution < 1.29 is 18.0 Å². The number of pyridine rings is 1. The fraction of sp³-hybridized carbons (Fsp3) is 0.562. The van der Waals surface area contributed by atoms with Gasteiger partial charge < -0.3 is 10.6 Å². The number of fused-ring (bicyclic) bond motifs is 1. The second-order valence-electron chi connectivity index (χ2n) is 6.34. The normalized spacial score (nSPS) is 21.4. The van der Waals surface area contributed by atoms with Crippen molar-refractivity contribution >= 4 is 16.8 Å². The third kappa shape index (κ3) is 4.68. The summed E-state index contributed by atoms with van der Waals surface area (Å²) in [4.78, 5) is 16.5. The minimum absolute atomic E-state index is 0.00754. The number of alkyl halides is 3. The van der Waals surface area contributed by atoms with Gasteiger partial charge in [-0.3, -0.25) is 9.89 Å². The van der Waals surface area contributed by atoms with E-state index in [1.165, 1.54) is 0 Å². The molecule has 1 fully saturated rings. The van der Waals surface area contributed by atoms with Gasteiger partial charge in [-0.1, -0.05) is 0 Å². The number of nitrogens with zero attached hydrogens (tertiary/aromatic N) is 2. The van der Waals surface area contributed by atoms with Crippen LogP contribution < -0.4 is 10.6 Å². The Morgan fingerprint density at radius 3 is 2.68 bits per heavy atom. The fourth-order valence-corrected chi connectivity index (χ4v) is 3.15. The van der Waals surface area contributed by atoms with E-state index >= 15 is 0 Å². The predicted molar refractivity (Wildman–Crippen MR) is 86.1 cm³/mol. The molecule has 1 saturated carbocycles. The molecule has 25 heavy (non-hydrogen) atoms. The number of amides is 1. The van der Waals surface area contributed by atoms with Crippen LogP contribution in [0.15, 0.2) is 18.5 Å². The van der Waals surface area contributed by atoms with Gasteiger partial charge in [-0.05, 0) is 31.7 Å². The van der Waals surface area contributed by atoms with Crippen LogP contribution in [0.1, 0.15) is 42.6 Å². The van der Waals surface area contributed by atoms with Crippen molar-refractivity contribution in [1.29, 1.82) is 0 Å². The monoisotopic (exact) mass is 355 g/mol. The quantitative estimate of drug-likeness (QED) is 0.770. The molecule has 0 bridgehead atoms. The van der Waals surface area contributed by atoms with Crippen molar-refractivity contribution in [1.82, 2.24) is 25.8 Å². The van der Waals surface area contributed by atoms with Crippen molar-refractivity contribution in [3.05, 3.63) is 24.2 Å². The molecular weight excluding hydrogens is 335 g/mol. The van der Waals surface area contributed by atoms with E-state index in [9.17, 15) is 18.0 Å². The Kier molecular flexibility index (Phi) is 5.22. The highest BCUT2D eigenvalue weighted by molar-refractivity contribution is 6.03. The van der Waals surface area contributed by atoms with Gasteiger partial charge >= 0.3 is 6.18 Å². The molecule has 1 amide bonds. The lowest BCUT2D eigenvalue weighted by molar-refractivity contribution is -0.133. The van der Waals surface area contributed by atoms with Crippen LogP contribution in [0, 0.1) is 0 Å². The highest BCUT2D eigenvalue weighted by atomic mass is 19.4. The predicted octanol–water partition coefficient (Wildman–Crippen LogP) is 2.54. The topological polar surface area (TPSA) is 82.7 Å². The van der Waals surface area contributed by atoms with Crippen molar-refractivity contribution in [2.45, 2.75) is 50.4 Å². The van der Waals surface area contributed by atoms with Gasteiger partial charge in [-0.15, -0.1) is 0 Å². The van der Waals surface area contributed by atoms with E-state index in [0.29, 0.717) is 11.2 Å². The molecule has 3 rings (SSSR count). The maximum Gasteiger partial charge on any atom is 0.390 e. The SMILES string of the molecule is O=C(NC1CCC(NCCC(F)(F)F)CC1)c1nccc2cn[nH]c12. The van der Waals surface area contributed by atoms with E-state index < -0.39 is 12.6 Å². The smallest absolute Gasteiger partial charge is 0.348 e. The number of H-pyrrole nitrogens is 1. The lowest BCUT2D eigenvalue weighted by Crippen LogP contribution is -2.43. The highest BCUT2D eigenvalue weighted by Crippen LogP contribution is 2.22. The second-order valence-corrected chi connectivity index (χ2v) is 6.34. The Morgan fingerprint density at radius 2 is 1.96 bits per heavy atom. The van der Waals surface area contributed by atoms with Gasteiger partial charge in [0.2, 0.25) is 0 Å². The first-order chi connectivity index (χ1) is 11.9. The zero-order valence-electron chi connectivity index (χ0n) is 13.6. The number of carbonyl (C=O) groups excluding carboxylic acids is 1. The Morgan fingerprint density at radius 1 is 1.24 bits per heavy atom. The lowest BCUT2D eigenvalue weighted by atomic mass is 9.91. The second kappa shape index (κ2) is 7.38. The zero-order valence-corrected chi connectivity index (χ0v) is 13.6. The molecule has 0 aromatic carbocycles. The maximum absolute atomic E-state index is 12.4. The molecule has 0 unspecified atom stereocenters. The van der Waals surface area contributed by atoms with Crippen LogP contribution in [0.2, 0.25) is 0 Å². The maximum atomic E-state index is 12.4. The van der Waals surface area contributed by atoms with Crippen molar-refractivity contribution in [3.8, 4) is 0 Å². The van der Waals surface area contributed by atoms with Crippen LogP contribution in [0.4, 0.5) is 13.2 Å². The summed E-state index contributed by atoms with van der Waals surface area (Å²) in [5, 5.41) is 13.4. The van der Waals surface area contributed by atoms with Gasteiger partial charge in [-0.25, -0.2) is 4.98 Å². The van der Waals surface area contributed by atoms with Gasteiger partial charge in [-0.2, -0.15) is 18.3 Å². The van der Waals surface area contributed by atoms with E-state index in [4.69, 9.17) is 0 Å². The van der Waals surface area contributed by atoms with Gasteiger partial charge in [0.05, 0.1) is 18.1 Å². The van der Waals surface area contributed by atoms with Gasteiger partial charge in [0.25, 0.3) is 5.91 Å². The van der Waals surface area contributed by atoms with Crippen LogP contribution in [-0.4, -0.2) is 45.9 Å². The van der Waals surface area contributed by atoms with Crippen molar-refractivity contribution in [2.24, 2.45) is 0 Å². The molecule has 0 aliphatic heterocycles. The Labute approximate surface area is 142 Å². The zero-order chi connectivity index (χ0) is 17.9. The molecule has 2 heterocycles. The largest absolute Gasteiger partial charge is 0.390 e. The number of halogens is 3. The molecule has 136 valence electrons. The molecule has 3 N–H and O–H groups in total. The molecule has 0 saturated heterocycles. The summed E-state index contributed by atoms with van der Waals surface area (Å²) < 4.78 is 36.5. The lowest BCUT2D eigenvalue weighted by Gasteiger charge is -2.29. The van der Waals surface area contributed by atoms with Gasteiger partial charge in [0, 0.05) is 30.2 Å². The number of rotatable bonds is 5. The van der Waals surface area contributed by atoms with Crippen molar-refractivity contribution in [3.63, 3.8) is 0 Å². The minimum atomic E-state index is -4.13. The molecular formula is C16H20F3N5O. The summed E-state index contributed by atoms with van der Waals surface area (Å²) in [7, 11) is 0. The number of aromatic amines is 1. The van der Waals surface area contributed by atoms with E-state index in [0.717, 1.165) is 31.1 Å². The summed E-state index contributed by atoms with van der Waals surface area (Å²) >= 11 is 0. The Balaban J connectivity index is 1.47. The first-order valence-corrected chi connectivity index (χ1v) is 8.31. The van der Waals surface area contributed by atoms with Gasteiger partial charge in [0.1, 0.15) is 0 Å². The molecule has 0 atom stereocenters. The molecule has 6 nitrogen and oxygen atoms in total. The molecule has 0 radical (unpaired) electrons. The molecule has 0 spiro atoms. The van der Waals surface area contributed by atoms with E-state index in [1.54, 1.807) is 18.5 Å². The first-order valence-electron chi connectivity index (χ1n) is 8.31. The fourth-order valence-electron chi connectivity index (χ4n) is 3.15. The van der Waals surface area contributed by atoms with E-state index in [-0.39, 0.29) is 24.5 Å². The number of carbonyl (C=O) groups is 1. The number of aromatic nitrogens is 3. The third-order valence-electron chi connectivity index (χ3n) is 4.48. The van der Waals surface area contributed by atoms with Crippen LogP contribution in [0.3, 0.4) is 0 Å². The minimum Gasteiger partial charge on any atom is -0.348 e. The van der Waals surface area contributed by atoms with Crippen LogP contribution in [0.25, 0.3) is 10.9 Å². The summed E-state index contributed by atoms with van der Waals surface area (Å²) in [6, 6.07) is 1.85. The first kappa shape index (κ1) is 17.7. The van der Waals surface area contributed by atoms with Gasteiger partial charge in [0.15, 0.2) is 5.69 Å². The molecule has 9 heteroatoms. The third-order valence-corrected chi connectivity index (χ3v) is 4.48. The Hall–Kier alpha value is -2.16. The van der Waals surface area contributed by atoms with Crippen molar-refractivity contribution in [2.75, 3.05) is 6.54 Å². The Bertz CT molecular complexity index is 722. The number of hydrogen-bond donors (Lipinski definition) is 3. The van der Waals surface area contributed by atoms with Crippen LogP contribution in [-0.2, 0) is 0 Å². The number of nitrogens with one attached hydrogen (secondary N) is 3. The molecule has 1 aliphatic carbocycles. The molecule has 2 aromatic rings. The standard InChI is InChI=1S/C16H20F3N5O/c17-16(18,19)6-8-20-11-1-3-12(4-2-11)23-15(25)14-13-10(5-7-21-14)9-22-24-13/h5,7,9,11-12,20H,1-4,6,8H2,(H,22,24)(H,23,25). The summed E-state index contributed by atoms with van der Waals surface area (Å²) in [5.41, 5.74) is 0.905. The van der Waals surface area contributed by atoms with E-state index in [1.807, 2.05) is 0 Å². The summed E-state index contributed by atoms with van der Waals surface area (Å²) in [5.74, 6) is -0.261. The average molecular weight is 355 g/mol. The summed E-state index contributed by atoms with van der Waals surface area (Å²) in [6.45, 7) is -0.0586. The molecule has 2 aromatic heterocycles. The highest BCUT2D eigenvalue weighted by Gasteiger charge is 2.28.